The summed E-state index contributed by atoms with van der Waals surface area (Å²) in [5.74, 6) is 0.387. The summed E-state index contributed by atoms with van der Waals surface area (Å²) in [6, 6.07) is 7.46. The minimum absolute atomic E-state index is 0.0225. The SMILES string of the molecule is Cc1cc(NC(=O)CSc2ncc(S(=O)(=O)c3ccc(Br)cc3)c(=O)[nH]2)no1. The smallest absolute Gasteiger partial charge is 0.270 e. The van der Waals surface area contributed by atoms with Gasteiger partial charge in [0.15, 0.2) is 15.9 Å². The van der Waals surface area contributed by atoms with Crippen LogP contribution in [0.1, 0.15) is 5.76 Å². The van der Waals surface area contributed by atoms with Crippen LogP contribution in [-0.4, -0.2) is 35.2 Å². The number of thioether (sulfide) groups is 1. The second kappa shape index (κ2) is 8.29. The Bertz CT molecular complexity index is 1170. The Morgan fingerprint density at radius 1 is 1.32 bits per heavy atom. The van der Waals surface area contributed by atoms with Gasteiger partial charge in [-0.1, -0.05) is 32.8 Å². The highest BCUT2D eigenvalue weighted by Crippen LogP contribution is 2.21. The first-order chi connectivity index (χ1) is 13.3. The van der Waals surface area contributed by atoms with Gasteiger partial charge < -0.3 is 14.8 Å². The minimum Gasteiger partial charge on any atom is -0.360 e. The van der Waals surface area contributed by atoms with E-state index < -0.39 is 20.3 Å². The molecule has 0 saturated heterocycles. The van der Waals surface area contributed by atoms with Crippen LogP contribution in [0, 0.1) is 6.92 Å². The van der Waals surface area contributed by atoms with Crippen molar-refractivity contribution in [1.82, 2.24) is 15.1 Å². The van der Waals surface area contributed by atoms with Crippen molar-refractivity contribution in [2.45, 2.75) is 21.9 Å². The number of hydrogen-bond acceptors (Lipinski definition) is 8. The summed E-state index contributed by atoms with van der Waals surface area (Å²) in [5, 5.41) is 6.28. The fraction of sp³-hybridized carbons (Fsp3) is 0.125. The molecule has 1 aromatic carbocycles. The normalized spacial score (nSPS) is 11.4. The van der Waals surface area contributed by atoms with Gasteiger partial charge in [-0.05, 0) is 31.2 Å². The first kappa shape index (κ1) is 20.3. The Morgan fingerprint density at radius 3 is 2.64 bits per heavy atom. The zero-order chi connectivity index (χ0) is 20.3. The lowest BCUT2D eigenvalue weighted by molar-refractivity contribution is -0.113. The molecule has 0 radical (unpaired) electrons. The molecule has 0 aliphatic carbocycles. The van der Waals surface area contributed by atoms with Gasteiger partial charge in [0.05, 0.1) is 16.8 Å². The van der Waals surface area contributed by atoms with Gasteiger partial charge in [0.1, 0.15) is 5.76 Å². The number of nitrogens with one attached hydrogen (secondary N) is 2. The number of aryl methyl sites for hydroxylation is 1. The van der Waals surface area contributed by atoms with E-state index in [9.17, 15) is 18.0 Å². The number of amides is 1. The van der Waals surface area contributed by atoms with Gasteiger partial charge in [0.25, 0.3) is 5.56 Å². The Hall–Kier alpha value is -2.44. The lowest BCUT2D eigenvalue weighted by atomic mass is 10.4. The predicted octanol–water partition coefficient (Wildman–Crippen LogP) is 2.39. The van der Waals surface area contributed by atoms with Crippen LogP contribution in [0.2, 0.25) is 0 Å². The van der Waals surface area contributed by atoms with Crippen LogP contribution in [0.5, 0.6) is 0 Å². The van der Waals surface area contributed by atoms with E-state index >= 15 is 0 Å². The molecule has 28 heavy (non-hydrogen) atoms. The number of H-pyrrole nitrogens is 1. The standard InChI is InChI=1S/C16H13BrN4O5S2/c1-9-6-13(21-26-9)19-14(22)8-27-16-18-7-12(15(23)20-16)28(24,25)11-4-2-10(17)3-5-11/h2-7H,8H2,1H3,(H,18,20,23)(H,19,21,22). The van der Waals surface area contributed by atoms with E-state index in [1.807, 2.05) is 0 Å². The van der Waals surface area contributed by atoms with Crippen LogP contribution < -0.4 is 10.9 Å². The molecule has 3 aromatic rings. The molecule has 0 unspecified atom stereocenters. The maximum absolute atomic E-state index is 12.6. The number of halogens is 1. The number of benzene rings is 1. The van der Waals surface area contributed by atoms with Gasteiger partial charge in [0.2, 0.25) is 15.7 Å². The highest BCUT2D eigenvalue weighted by molar-refractivity contribution is 9.10. The Labute approximate surface area is 172 Å². The number of aromatic nitrogens is 3. The fourth-order valence-electron chi connectivity index (χ4n) is 2.11. The van der Waals surface area contributed by atoms with Gasteiger partial charge >= 0.3 is 0 Å². The second-order valence-electron chi connectivity index (χ2n) is 5.50. The lowest BCUT2D eigenvalue weighted by Crippen LogP contribution is -2.20. The van der Waals surface area contributed by atoms with E-state index in [1.165, 1.54) is 12.1 Å². The van der Waals surface area contributed by atoms with Crippen molar-refractivity contribution in [3.8, 4) is 0 Å². The largest absolute Gasteiger partial charge is 0.360 e. The third kappa shape index (κ3) is 4.69. The lowest BCUT2D eigenvalue weighted by Gasteiger charge is -2.05. The molecule has 0 aliphatic rings. The molecule has 0 spiro atoms. The zero-order valence-electron chi connectivity index (χ0n) is 14.3. The summed E-state index contributed by atoms with van der Waals surface area (Å²) in [5.41, 5.74) is -0.812. The average Bonchev–Trinajstić information content (AvgIpc) is 3.05. The number of rotatable bonds is 6. The van der Waals surface area contributed by atoms with Gasteiger partial charge in [0, 0.05) is 10.5 Å². The van der Waals surface area contributed by atoms with E-state index in [-0.39, 0.29) is 27.5 Å². The summed E-state index contributed by atoms with van der Waals surface area (Å²) in [7, 11) is -4.01. The van der Waals surface area contributed by atoms with Crippen molar-refractivity contribution in [2.75, 3.05) is 11.1 Å². The summed E-state index contributed by atoms with van der Waals surface area (Å²) in [6.07, 6.45) is 0.984. The van der Waals surface area contributed by atoms with Gasteiger partial charge in [-0.2, -0.15) is 0 Å². The molecule has 2 N–H and O–H groups in total. The zero-order valence-corrected chi connectivity index (χ0v) is 17.5. The van der Waals surface area contributed by atoms with Crippen molar-refractivity contribution < 1.29 is 17.7 Å². The number of nitrogens with zero attached hydrogens (tertiary/aromatic N) is 2. The summed E-state index contributed by atoms with van der Waals surface area (Å²) in [6.45, 7) is 1.69. The first-order valence-corrected chi connectivity index (χ1v) is 11.0. The highest BCUT2D eigenvalue weighted by Gasteiger charge is 2.22. The van der Waals surface area contributed by atoms with Crippen LogP contribution in [0.15, 0.2) is 65.3 Å². The predicted molar refractivity (Wildman–Crippen MR) is 105 cm³/mol. The monoisotopic (exact) mass is 484 g/mol. The highest BCUT2D eigenvalue weighted by atomic mass is 79.9. The molecule has 0 fully saturated rings. The topological polar surface area (TPSA) is 135 Å². The number of hydrogen-bond donors (Lipinski definition) is 2. The Kier molecular flexibility index (Phi) is 6.01. The number of sulfone groups is 1. The van der Waals surface area contributed by atoms with Crippen molar-refractivity contribution in [1.29, 1.82) is 0 Å². The molecule has 0 atom stereocenters. The molecular formula is C16H13BrN4O5S2. The van der Waals surface area contributed by atoms with Gasteiger partial charge in [-0.25, -0.2) is 13.4 Å². The van der Waals surface area contributed by atoms with Crippen molar-refractivity contribution >= 4 is 49.3 Å². The van der Waals surface area contributed by atoms with E-state index in [0.717, 1.165) is 18.0 Å². The number of anilines is 1. The molecule has 3 rings (SSSR count). The minimum atomic E-state index is -4.01. The molecule has 2 heterocycles. The van der Waals surface area contributed by atoms with E-state index in [0.29, 0.717) is 10.2 Å². The van der Waals surface area contributed by atoms with Crippen LogP contribution in [0.25, 0.3) is 0 Å². The van der Waals surface area contributed by atoms with Crippen molar-refractivity contribution in [3.63, 3.8) is 0 Å². The fourth-order valence-corrected chi connectivity index (χ4v) is 4.24. The molecule has 12 heteroatoms. The average molecular weight is 485 g/mol. The van der Waals surface area contributed by atoms with Crippen molar-refractivity contribution in [3.05, 3.63) is 57.1 Å². The molecule has 146 valence electrons. The van der Waals surface area contributed by atoms with E-state index in [2.05, 4.69) is 36.4 Å². The van der Waals surface area contributed by atoms with Crippen LogP contribution in [0.4, 0.5) is 5.82 Å². The third-order valence-electron chi connectivity index (χ3n) is 3.39. The number of carbonyl (C=O) groups is 1. The Balaban J connectivity index is 1.71. The molecule has 2 aromatic heterocycles. The van der Waals surface area contributed by atoms with Crippen LogP contribution in [0.3, 0.4) is 0 Å². The molecular weight excluding hydrogens is 472 g/mol. The molecule has 9 nitrogen and oxygen atoms in total. The summed E-state index contributed by atoms with van der Waals surface area (Å²) in [4.78, 5) is 30.0. The maximum atomic E-state index is 12.6. The maximum Gasteiger partial charge on any atom is 0.270 e. The third-order valence-corrected chi connectivity index (χ3v) is 6.57. The van der Waals surface area contributed by atoms with E-state index in [1.54, 1.807) is 25.1 Å². The summed E-state index contributed by atoms with van der Waals surface area (Å²) >= 11 is 4.17. The van der Waals surface area contributed by atoms with E-state index in [4.69, 9.17) is 4.52 Å². The molecule has 0 saturated carbocycles. The van der Waals surface area contributed by atoms with Crippen molar-refractivity contribution in [2.24, 2.45) is 0 Å². The molecule has 0 aliphatic heterocycles. The van der Waals surface area contributed by atoms with Crippen LogP contribution >= 0.6 is 27.7 Å². The molecule has 1 amide bonds. The number of carbonyl (C=O) groups excluding carboxylic acids is 1. The number of aromatic amines is 1. The van der Waals surface area contributed by atoms with Gasteiger partial charge in [-0.3, -0.25) is 9.59 Å². The van der Waals surface area contributed by atoms with Gasteiger partial charge in [-0.15, -0.1) is 0 Å². The molecule has 0 bridgehead atoms. The first-order valence-electron chi connectivity index (χ1n) is 7.71. The second-order valence-corrected chi connectivity index (χ2v) is 9.30. The quantitative estimate of drug-likeness (QED) is 0.402. The summed E-state index contributed by atoms with van der Waals surface area (Å²) < 4.78 is 30.7. The van der Waals surface area contributed by atoms with Crippen LogP contribution in [-0.2, 0) is 14.6 Å². The Morgan fingerprint density at radius 2 is 2.04 bits per heavy atom.